The van der Waals surface area contributed by atoms with Gasteiger partial charge in [0.15, 0.2) is 6.03 Å². The fourth-order valence-electron chi connectivity index (χ4n) is 0.513. The van der Waals surface area contributed by atoms with Crippen molar-refractivity contribution in [2.24, 2.45) is 0 Å². The predicted molar refractivity (Wildman–Crippen MR) is 48.6 cm³/mol. The summed E-state index contributed by atoms with van der Waals surface area (Å²) < 4.78 is 4.76. The minimum atomic E-state index is -1.24. The smallest absolute Gasteiger partial charge is 0.212 e. The van der Waals surface area contributed by atoms with Gasteiger partial charge < -0.3 is 4.52 Å². The molecule has 0 heterocycles. The predicted octanol–water partition coefficient (Wildman–Crippen LogP) is 1.20. The quantitative estimate of drug-likeness (QED) is 0.287. The Morgan fingerprint density at radius 1 is 1.67 bits per heavy atom. The Morgan fingerprint density at radius 2 is 2.33 bits per heavy atom. The molecular weight excluding hydrogens is 175 g/mol. The van der Waals surface area contributed by atoms with Gasteiger partial charge in [0.2, 0.25) is 5.78 Å². The van der Waals surface area contributed by atoms with E-state index in [4.69, 9.17) is 4.52 Å². The van der Waals surface area contributed by atoms with Gasteiger partial charge >= 0.3 is 0 Å². The fraction of sp³-hybridized carbons (Fsp3) is 0.500. The first-order valence-electron chi connectivity index (χ1n) is 3.52. The zero-order chi connectivity index (χ0) is 9.40. The highest BCUT2D eigenvalue weighted by Gasteiger charge is 2.09. The van der Waals surface area contributed by atoms with E-state index in [-0.39, 0.29) is 11.9 Å². The second kappa shape index (κ2) is 6.97. The summed E-state index contributed by atoms with van der Waals surface area (Å²) in [6, 6.07) is 0.668. The second-order valence-electron chi connectivity index (χ2n) is 1.94. The van der Waals surface area contributed by atoms with Crippen LogP contribution in [0.5, 0.6) is 0 Å². The zero-order valence-corrected chi connectivity index (χ0v) is 8.06. The van der Waals surface area contributed by atoms with Crippen molar-refractivity contribution in [1.29, 1.82) is 0 Å². The molecule has 0 aliphatic heterocycles. The zero-order valence-electron chi connectivity index (χ0n) is 7.16. The number of carbonyl (C=O) groups is 2. The Hall–Kier alpha value is -0.710. The Kier molecular flexibility index (Phi) is 6.55. The number of Topliss-reactive ketones (excluding diaryl/α,β-unsaturated/α-hetero) is 1. The minimum absolute atomic E-state index is 0.113. The summed E-state index contributed by atoms with van der Waals surface area (Å²) >= 11 is 0. The summed E-state index contributed by atoms with van der Waals surface area (Å²) in [7, 11) is 0.173. The summed E-state index contributed by atoms with van der Waals surface area (Å²) in [6.45, 7) is 1.86. The average Bonchev–Trinajstić information content (AvgIpc) is 2.10. The van der Waals surface area contributed by atoms with Gasteiger partial charge in [0.1, 0.15) is 8.15 Å². The van der Waals surface area contributed by atoms with Gasteiger partial charge in [-0.05, 0) is 5.92 Å². The molecule has 0 bridgehead atoms. The van der Waals surface area contributed by atoms with Gasteiger partial charge in [-0.15, -0.1) is 0 Å². The maximum Gasteiger partial charge on any atom is 0.212 e. The third-order valence-corrected chi connectivity index (χ3v) is 2.36. The number of hydrogen-bond donors (Lipinski definition) is 0. The topological polar surface area (TPSA) is 43.4 Å². The van der Waals surface area contributed by atoms with Gasteiger partial charge in [0.25, 0.3) is 0 Å². The molecule has 0 fully saturated rings. The molecule has 0 radical (unpaired) electrons. The van der Waals surface area contributed by atoms with Crippen molar-refractivity contribution in [3.05, 3.63) is 0 Å². The van der Waals surface area contributed by atoms with Crippen molar-refractivity contribution in [2.75, 3.05) is 13.3 Å². The van der Waals surface area contributed by atoms with E-state index in [1.807, 2.05) is 6.92 Å². The van der Waals surface area contributed by atoms with E-state index in [2.05, 4.69) is 11.8 Å². The molecule has 0 aliphatic rings. The van der Waals surface area contributed by atoms with Gasteiger partial charge in [-0.3, -0.25) is 9.59 Å². The molecule has 1 atom stereocenters. The monoisotopic (exact) mass is 186 g/mol. The lowest BCUT2D eigenvalue weighted by Crippen LogP contribution is -2.01. The lowest BCUT2D eigenvalue weighted by molar-refractivity contribution is -0.111. The summed E-state index contributed by atoms with van der Waals surface area (Å²) in [6.07, 6.45) is 0.764. The molecular formula is C8H11O3P. The molecule has 0 aliphatic carbocycles. The molecule has 4 heteroatoms. The van der Waals surface area contributed by atoms with Crippen LogP contribution in [0.4, 0.5) is 0 Å². The largest absolute Gasteiger partial charge is 0.354 e. The summed E-state index contributed by atoms with van der Waals surface area (Å²) in [5.41, 5.74) is 0. The van der Waals surface area contributed by atoms with Crippen LogP contribution in [0.25, 0.3) is 0 Å². The first-order valence-corrected chi connectivity index (χ1v) is 5.03. The van der Waals surface area contributed by atoms with Crippen molar-refractivity contribution in [3.63, 3.8) is 0 Å². The van der Waals surface area contributed by atoms with Crippen LogP contribution in [-0.4, -0.2) is 25.1 Å². The third-order valence-electron chi connectivity index (χ3n) is 1.06. The normalized spacial score (nSPS) is 11.2. The Morgan fingerprint density at radius 3 is 2.75 bits per heavy atom. The maximum atomic E-state index is 10.9. The molecule has 0 aromatic carbocycles. The lowest BCUT2D eigenvalue weighted by Gasteiger charge is -2.02. The van der Waals surface area contributed by atoms with Gasteiger partial charge in [-0.25, -0.2) is 0 Å². The molecule has 0 N–H and O–H groups in total. The molecule has 0 spiro atoms. The van der Waals surface area contributed by atoms with Crippen LogP contribution in [0.3, 0.4) is 0 Å². The molecule has 3 nitrogen and oxygen atoms in total. The van der Waals surface area contributed by atoms with E-state index in [0.717, 1.165) is 0 Å². The van der Waals surface area contributed by atoms with Crippen LogP contribution >= 0.6 is 8.15 Å². The first-order chi connectivity index (χ1) is 5.74. The van der Waals surface area contributed by atoms with Gasteiger partial charge in [-0.2, -0.15) is 0 Å². The molecule has 66 valence electrons. The van der Waals surface area contributed by atoms with Crippen molar-refractivity contribution in [1.82, 2.24) is 0 Å². The SMILES string of the molecule is CCC#CC(=O)CP(C=O)OC. The number of carbonyl (C=O) groups excluding carboxylic acids is 2. The van der Waals surface area contributed by atoms with Gasteiger partial charge in [0, 0.05) is 13.5 Å². The van der Waals surface area contributed by atoms with Gasteiger partial charge in [-0.1, -0.05) is 12.8 Å². The third kappa shape index (κ3) is 5.01. The molecule has 12 heavy (non-hydrogen) atoms. The molecule has 0 saturated carbocycles. The van der Waals surface area contributed by atoms with E-state index in [9.17, 15) is 9.59 Å². The van der Waals surface area contributed by atoms with Crippen LogP contribution in [0.2, 0.25) is 0 Å². The second-order valence-corrected chi connectivity index (χ2v) is 3.67. The molecule has 0 aromatic heterocycles. The van der Waals surface area contributed by atoms with E-state index in [0.29, 0.717) is 12.4 Å². The number of ketones is 1. The van der Waals surface area contributed by atoms with Crippen molar-refractivity contribution < 1.29 is 14.1 Å². The van der Waals surface area contributed by atoms with Crippen LogP contribution in [0, 0.1) is 11.8 Å². The molecule has 0 rings (SSSR count). The van der Waals surface area contributed by atoms with Crippen LogP contribution in [0.1, 0.15) is 13.3 Å². The highest BCUT2D eigenvalue weighted by atomic mass is 31.1. The molecule has 0 amide bonds. The maximum absolute atomic E-state index is 10.9. The standard InChI is InChI=1S/C8H11O3P/c1-3-4-5-8(10)6-12(7-9)11-2/h7H,3,6H2,1-2H3. The van der Waals surface area contributed by atoms with Crippen LogP contribution in [-0.2, 0) is 14.1 Å². The first kappa shape index (κ1) is 11.3. The Balaban J connectivity index is 3.90. The van der Waals surface area contributed by atoms with Crippen LogP contribution < -0.4 is 0 Å². The number of hydrogen-bond acceptors (Lipinski definition) is 3. The highest BCUT2D eigenvalue weighted by Crippen LogP contribution is 2.30. The summed E-state index contributed by atoms with van der Waals surface area (Å²) in [4.78, 5) is 21.2. The van der Waals surface area contributed by atoms with E-state index in [1.54, 1.807) is 0 Å². The number of rotatable bonds is 4. The van der Waals surface area contributed by atoms with E-state index < -0.39 is 8.15 Å². The minimum Gasteiger partial charge on any atom is -0.354 e. The van der Waals surface area contributed by atoms with E-state index >= 15 is 0 Å². The van der Waals surface area contributed by atoms with Crippen molar-refractivity contribution >= 4 is 20.0 Å². The summed E-state index contributed by atoms with van der Waals surface area (Å²) in [5.74, 6) is 4.84. The average molecular weight is 186 g/mol. The molecule has 1 unspecified atom stereocenters. The van der Waals surface area contributed by atoms with Gasteiger partial charge in [0.05, 0.1) is 6.16 Å². The van der Waals surface area contributed by atoms with Crippen molar-refractivity contribution in [3.8, 4) is 11.8 Å². The molecule has 0 aromatic rings. The Labute approximate surface area is 73.3 Å². The van der Waals surface area contributed by atoms with Crippen molar-refractivity contribution in [2.45, 2.75) is 13.3 Å². The fourth-order valence-corrected chi connectivity index (χ4v) is 1.16. The van der Waals surface area contributed by atoms with Crippen LogP contribution in [0.15, 0.2) is 0 Å². The summed E-state index contributed by atoms with van der Waals surface area (Å²) in [5, 5.41) is 0. The lowest BCUT2D eigenvalue weighted by atomic mass is 10.4. The molecule has 0 saturated heterocycles. The Bertz CT molecular complexity index is 214. The van der Waals surface area contributed by atoms with E-state index in [1.165, 1.54) is 7.11 Å². The highest BCUT2D eigenvalue weighted by molar-refractivity contribution is 7.68.